The zero-order chi connectivity index (χ0) is 13.2. The van der Waals surface area contributed by atoms with Crippen LogP contribution in [0.5, 0.6) is 5.75 Å². The summed E-state index contributed by atoms with van der Waals surface area (Å²) in [6, 6.07) is 9.06. The maximum atomic E-state index is 6.47. The highest BCUT2D eigenvalue weighted by Crippen LogP contribution is 2.37. The first-order valence-electron chi connectivity index (χ1n) is 7.03. The SMILES string of the molecule is COCCN(C1CC1)C1COc2ccccc2C1N. The van der Waals surface area contributed by atoms with E-state index >= 15 is 0 Å². The second-order valence-electron chi connectivity index (χ2n) is 5.40. The molecule has 1 aromatic rings. The number of hydrogen-bond acceptors (Lipinski definition) is 4. The maximum Gasteiger partial charge on any atom is 0.124 e. The highest BCUT2D eigenvalue weighted by atomic mass is 16.5. The molecule has 0 spiro atoms. The van der Waals surface area contributed by atoms with Gasteiger partial charge in [0.2, 0.25) is 0 Å². The maximum absolute atomic E-state index is 6.47. The molecule has 1 heterocycles. The van der Waals surface area contributed by atoms with Crippen LogP contribution in [0.1, 0.15) is 24.4 Å². The highest BCUT2D eigenvalue weighted by molar-refractivity contribution is 5.38. The Balaban J connectivity index is 1.77. The molecule has 0 saturated heterocycles. The van der Waals surface area contributed by atoms with Crippen LogP contribution in [-0.2, 0) is 4.74 Å². The Morgan fingerprint density at radius 3 is 2.89 bits per heavy atom. The van der Waals surface area contributed by atoms with Crippen LogP contribution in [0.25, 0.3) is 0 Å². The first-order chi connectivity index (χ1) is 9.31. The molecule has 1 aliphatic carbocycles. The summed E-state index contributed by atoms with van der Waals surface area (Å²) in [4.78, 5) is 2.48. The fourth-order valence-corrected chi connectivity index (χ4v) is 2.90. The third-order valence-electron chi connectivity index (χ3n) is 4.10. The molecular formula is C15H22N2O2. The zero-order valence-corrected chi connectivity index (χ0v) is 11.4. The molecule has 0 bridgehead atoms. The summed E-state index contributed by atoms with van der Waals surface area (Å²) in [5, 5.41) is 0. The van der Waals surface area contributed by atoms with Gasteiger partial charge in [0.15, 0.2) is 0 Å². The lowest BCUT2D eigenvalue weighted by molar-refractivity contribution is 0.0637. The van der Waals surface area contributed by atoms with Crippen molar-refractivity contribution in [2.24, 2.45) is 5.73 Å². The van der Waals surface area contributed by atoms with Gasteiger partial charge in [-0.1, -0.05) is 18.2 Å². The number of methoxy groups -OCH3 is 1. The number of ether oxygens (including phenoxy) is 2. The molecule has 1 aromatic carbocycles. The zero-order valence-electron chi connectivity index (χ0n) is 11.4. The van der Waals surface area contributed by atoms with Gasteiger partial charge in [0.05, 0.1) is 18.7 Å². The molecule has 3 rings (SSSR count). The molecule has 2 aliphatic rings. The first-order valence-corrected chi connectivity index (χ1v) is 7.03. The van der Waals surface area contributed by atoms with Crippen LogP contribution >= 0.6 is 0 Å². The van der Waals surface area contributed by atoms with Crippen molar-refractivity contribution in [2.75, 3.05) is 26.9 Å². The van der Waals surface area contributed by atoms with E-state index in [1.54, 1.807) is 7.11 Å². The molecule has 4 nitrogen and oxygen atoms in total. The van der Waals surface area contributed by atoms with Crippen molar-refractivity contribution in [3.63, 3.8) is 0 Å². The van der Waals surface area contributed by atoms with Crippen molar-refractivity contribution < 1.29 is 9.47 Å². The van der Waals surface area contributed by atoms with Gasteiger partial charge in [-0.25, -0.2) is 0 Å². The Bertz CT molecular complexity index is 434. The minimum absolute atomic E-state index is 0.0300. The average molecular weight is 262 g/mol. The van der Waals surface area contributed by atoms with E-state index in [2.05, 4.69) is 11.0 Å². The summed E-state index contributed by atoms with van der Waals surface area (Å²) >= 11 is 0. The van der Waals surface area contributed by atoms with Gasteiger partial charge >= 0.3 is 0 Å². The number of benzene rings is 1. The summed E-state index contributed by atoms with van der Waals surface area (Å²) in [6.07, 6.45) is 2.54. The Kier molecular flexibility index (Phi) is 3.73. The lowest BCUT2D eigenvalue weighted by Gasteiger charge is -2.39. The van der Waals surface area contributed by atoms with Crippen LogP contribution in [0.4, 0.5) is 0 Å². The largest absolute Gasteiger partial charge is 0.492 e. The van der Waals surface area contributed by atoms with Gasteiger partial charge in [-0.05, 0) is 18.9 Å². The number of nitrogens with zero attached hydrogens (tertiary/aromatic N) is 1. The molecular weight excluding hydrogens is 240 g/mol. The number of hydrogen-bond donors (Lipinski definition) is 1. The van der Waals surface area contributed by atoms with Crippen LogP contribution in [0.3, 0.4) is 0 Å². The second kappa shape index (κ2) is 5.49. The van der Waals surface area contributed by atoms with Gasteiger partial charge in [0, 0.05) is 25.3 Å². The summed E-state index contributed by atoms with van der Waals surface area (Å²) in [5.74, 6) is 0.939. The van der Waals surface area contributed by atoms with Gasteiger partial charge in [0.25, 0.3) is 0 Å². The number of para-hydroxylation sites is 1. The number of nitrogens with two attached hydrogens (primary N) is 1. The van der Waals surface area contributed by atoms with E-state index in [4.69, 9.17) is 15.2 Å². The number of rotatable bonds is 5. The minimum Gasteiger partial charge on any atom is -0.492 e. The molecule has 1 fully saturated rings. The Hall–Kier alpha value is -1.10. The average Bonchev–Trinajstić information content (AvgIpc) is 3.26. The van der Waals surface area contributed by atoms with E-state index in [9.17, 15) is 0 Å². The van der Waals surface area contributed by atoms with Crippen molar-refractivity contribution in [3.8, 4) is 5.75 Å². The van der Waals surface area contributed by atoms with Gasteiger partial charge in [-0.15, -0.1) is 0 Å². The normalized spacial score (nSPS) is 26.1. The monoisotopic (exact) mass is 262 g/mol. The molecule has 0 amide bonds. The quantitative estimate of drug-likeness (QED) is 0.875. The van der Waals surface area contributed by atoms with Gasteiger partial charge in [-0.3, -0.25) is 4.90 Å². The lowest BCUT2D eigenvalue weighted by atomic mass is 9.96. The lowest BCUT2D eigenvalue weighted by Crippen LogP contribution is -2.50. The first kappa shape index (κ1) is 12.9. The second-order valence-corrected chi connectivity index (χ2v) is 5.40. The van der Waals surface area contributed by atoms with Crippen molar-refractivity contribution in [1.82, 2.24) is 4.90 Å². The molecule has 2 N–H and O–H groups in total. The van der Waals surface area contributed by atoms with E-state index in [0.717, 1.165) is 24.5 Å². The van der Waals surface area contributed by atoms with E-state index in [1.165, 1.54) is 12.8 Å². The van der Waals surface area contributed by atoms with E-state index in [-0.39, 0.29) is 12.1 Å². The Morgan fingerprint density at radius 1 is 1.37 bits per heavy atom. The van der Waals surface area contributed by atoms with Crippen molar-refractivity contribution in [2.45, 2.75) is 31.0 Å². The van der Waals surface area contributed by atoms with Crippen LogP contribution < -0.4 is 10.5 Å². The minimum atomic E-state index is 0.0300. The fourth-order valence-electron chi connectivity index (χ4n) is 2.90. The predicted octanol–water partition coefficient (Wildman–Crippen LogP) is 1.56. The molecule has 104 valence electrons. The Morgan fingerprint density at radius 2 is 2.16 bits per heavy atom. The van der Waals surface area contributed by atoms with Gasteiger partial charge in [-0.2, -0.15) is 0 Å². The predicted molar refractivity (Wildman–Crippen MR) is 74.3 cm³/mol. The summed E-state index contributed by atoms with van der Waals surface area (Å²) in [6.45, 7) is 2.37. The third kappa shape index (κ3) is 2.61. The summed E-state index contributed by atoms with van der Waals surface area (Å²) in [7, 11) is 1.75. The Labute approximate surface area is 114 Å². The van der Waals surface area contributed by atoms with Gasteiger partial charge in [0.1, 0.15) is 12.4 Å². The van der Waals surface area contributed by atoms with E-state index < -0.39 is 0 Å². The van der Waals surface area contributed by atoms with Crippen LogP contribution in [-0.4, -0.2) is 43.9 Å². The van der Waals surface area contributed by atoms with Gasteiger partial charge < -0.3 is 15.2 Å². The fraction of sp³-hybridized carbons (Fsp3) is 0.600. The summed E-state index contributed by atoms with van der Waals surface area (Å²) in [5.41, 5.74) is 7.59. The standard InChI is InChI=1S/C15H22N2O2/c1-18-9-8-17(11-6-7-11)13-10-19-14-5-3-2-4-12(14)15(13)16/h2-5,11,13,15H,6-10,16H2,1H3. The molecule has 1 saturated carbocycles. The van der Waals surface area contributed by atoms with Crippen molar-refractivity contribution >= 4 is 0 Å². The van der Waals surface area contributed by atoms with Crippen LogP contribution in [0.15, 0.2) is 24.3 Å². The van der Waals surface area contributed by atoms with E-state index in [1.807, 2.05) is 18.2 Å². The molecule has 0 radical (unpaired) electrons. The molecule has 4 heteroatoms. The third-order valence-corrected chi connectivity index (χ3v) is 4.10. The highest BCUT2D eigenvalue weighted by Gasteiger charge is 2.39. The molecule has 2 unspecified atom stereocenters. The van der Waals surface area contributed by atoms with Crippen molar-refractivity contribution in [3.05, 3.63) is 29.8 Å². The number of fused-ring (bicyclic) bond motifs is 1. The van der Waals surface area contributed by atoms with Crippen molar-refractivity contribution in [1.29, 1.82) is 0 Å². The molecule has 0 aromatic heterocycles. The summed E-state index contributed by atoms with van der Waals surface area (Å²) < 4.78 is 11.1. The van der Waals surface area contributed by atoms with Crippen LogP contribution in [0, 0.1) is 0 Å². The molecule has 19 heavy (non-hydrogen) atoms. The topological polar surface area (TPSA) is 47.7 Å². The smallest absolute Gasteiger partial charge is 0.124 e. The van der Waals surface area contributed by atoms with E-state index in [0.29, 0.717) is 12.6 Å². The molecule has 2 atom stereocenters. The van der Waals surface area contributed by atoms with Crippen LogP contribution in [0.2, 0.25) is 0 Å². The molecule has 1 aliphatic heterocycles.